The van der Waals surface area contributed by atoms with Crippen LogP contribution < -0.4 is 0 Å². The maximum absolute atomic E-state index is 13.3. The number of hydrogen-bond acceptors (Lipinski definition) is 3. The average Bonchev–Trinajstić information content (AvgIpc) is 3.10. The Bertz CT molecular complexity index is 1040. The molecule has 4 atom stereocenters. The molecule has 3 aromatic rings. The quantitative estimate of drug-likeness (QED) is 0.656. The molecule has 2 aliphatic carbocycles. The summed E-state index contributed by atoms with van der Waals surface area (Å²) in [5.41, 5.74) is 3.94. The van der Waals surface area contributed by atoms with E-state index in [1.54, 1.807) is 12.1 Å². The molecule has 152 valence electrons. The molecule has 5 heteroatoms. The predicted octanol–water partition coefficient (Wildman–Crippen LogP) is 4.80. The molecule has 0 amide bonds. The highest BCUT2D eigenvalue weighted by atomic mass is 19.1. The fraction of sp³-hybridized carbons (Fsp3) is 0.458. The van der Waals surface area contributed by atoms with Crippen LogP contribution in [0.2, 0.25) is 0 Å². The summed E-state index contributed by atoms with van der Waals surface area (Å²) >= 11 is 0. The largest absolute Gasteiger partial charge is 0.393 e. The van der Waals surface area contributed by atoms with Crippen LogP contribution in [0.5, 0.6) is 0 Å². The smallest absolute Gasteiger partial charge is 0.123 e. The lowest BCUT2D eigenvalue weighted by Gasteiger charge is -2.46. The zero-order valence-corrected chi connectivity index (χ0v) is 16.7. The summed E-state index contributed by atoms with van der Waals surface area (Å²) in [7, 11) is 0. The summed E-state index contributed by atoms with van der Waals surface area (Å²) in [6.45, 7) is 2.23. The minimum Gasteiger partial charge on any atom is -0.393 e. The van der Waals surface area contributed by atoms with Gasteiger partial charge in [0.1, 0.15) is 5.82 Å². The van der Waals surface area contributed by atoms with E-state index in [-0.39, 0.29) is 17.3 Å². The van der Waals surface area contributed by atoms with Crippen LogP contribution in [0, 0.1) is 11.7 Å². The van der Waals surface area contributed by atoms with E-state index in [0.29, 0.717) is 12.3 Å². The van der Waals surface area contributed by atoms with Crippen LogP contribution in [0.3, 0.4) is 0 Å². The monoisotopic (exact) mass is 394 g/mol. The number of fused-ring (bicyclic) bond motifs is 4. The Balaban J connectivity index is 1.70. The van der Waals surface area contributed by atoms with Gasteiger partial charge in [-0.2, -0.15) is 5.10 Å². The Morgan fingerprint density at radius 1 is 1.14 bits per heavy atom. The SMILES string of the molecule is CCC12CCC(O)CC1CCC(O)c1cc3c(cnn3-c3ccc(F)cc3)cc12. The second-order valence-corrected chi connectivity index (χ2v) is 8.76. The summed E-state index contributed by atoms with van der Waals surface area (Å²) in [6.07, 6.45) is 6.32. The Morgan fingerprint density at radius 2 is 1.93 bits per heavy atom. The van der Waals surface area contributed by atoms with E-state index in [1.807, 2.05) is 10.9 Å². The van der Waals surface area contributed by atoms with Crippen molar-refractivity contribution in [2.75, 3.05) is 0 Å². The minimum atomic E-state index is -0.517. The van der Waals surface area contributed by atoms with Gasteiger partial charge in [0.2, 0.25) is 0 Å². The number of benzene rings is 2. The second kappa shape index (κ2) is 6.92. The summed E-state index contributed by atoms with van der Waals surface area (Å²) in [6, 6.07) is 10.6. The standard InChI is InChI=1S/C24H27FN2O2/c1-2-24-10-9-19(28)12-16(24)3-8-23(29)20-13-22-15(11-21(20)24)14-26-27(22)18-6-4-17(25)5-7-18/h4-7,11,13-14,16,19,23,28-29H,2-3,8-10,12H2,1H3. The first-order valence-electron chi connectivity index (χ1n) is 10.7. The third-order valence-electron chi connectivity index (χ3n) is 7.39. The molecule has 1 heterocycles. The Morgan fingerprint density at radius 3 is 2.69 bits per heavy atom. The molecule has 2 aliphatic rings. The number of halogens is 1. The normalized spacial score (nSPS) is 29.3. The summed E-state index contributed by atoms with van der Waals surface area (Å²) in [5.74, 6) is 0.113. The molecule has 2 N–H and O–H groups in total. The van der Waals surface area contributed by atoms with E-state index in [9.17, 15) is 14.6 Å². The molecule has 0 saturated heterocycles. The van der Waals surface area contributed by atoms with Crippen molar-refractivity contribution in [3.05, 3.63) is 59.5 Å². The summed E-state index contributed by atoms with van der Waals surface area (Å²) in [5, 5.41) is 26.9. The zero-order valence-electron chi connectivity index (χ0n) is 16.7. The van der Waals surface area contributed by atoms with E-state index < -0.39 is 6.10 Å². The minimum absolute atomic E-state index is 0.00178. The third-order valence-corrected chi connectivity index (χ3v) is 7.39. The molecule has 2 aromatic carbocycles. The fourth-order valence-electron chi connectivity index (χ4n) is 5.80. The number of aliphatic hydroxyl groups excluding tert-OH is 2. The summed E-state index contributed by atoms with van der Waals surface area (Å²) in [4.78, 5) is 0. The second-order valence-electron chi connectivity index (χ2n) is 8.76. The first-order valence-corrected chi connectivity index (χ1v) is 10.7. The number of aliphatic hydroxyl groups is 2. The molecule has 5 rings (SSSR count). The first-order chi connectivity index (χ1) is 14.0. The van der Waals surface area contributed by atoms with Crippen molar-refractivity contribution in [2.24, 2.45) is 5.92 Å². The van der Waals surface area contributed by atoms with E-state index in [0.717, 1.165) is 54.3 Å². The molecule has 4 unspecified atom stereocenters. The van der Waals surface area contributed by atoms with Crippen molar-refractivity contribution in [1.29, 1.82) is 0 Å². The van der Waals surface area contributed by atoms with Gasteiger partial charge in [0.25, 0.3) is 0 Å². The molecule has 0 aliphatic heterocycles. The molecule has 0 radical (unpaired) electrons. The van der Waals surface area contributed by atoms with Crippen molar-refractivity contribution in [3.63, 3.8) is 0 Å². The summed E-state index contributed by atoms with van der Waals surface area (Å²) < 4.78 is 15.2. The van der Waals surface area contributed by atoms with Crippen molar-refractivity contribution < 1.29 is 14.6 Å². The van der Waals surface area contributed by atoms with Gasteiger partial charge in [-0.25, -0.2) is 9.07 Å². The van der Waals surface area contributed by atoms with Gasteiger partial charge in [-0.05, 0) is 97.4 Å². The molecule has 0 bridgehead atoms. The van der Waals surface area contributed by atoms with E-state index in [4.69, 9.17) is 0 Å². The van der Waals surface area contributed by atoms with Gasteiger partial charge in [-0.15, -0.1) is 0 Å². The van der Waals surface area contributed by atoms with Crippen LogP contribution in [-0.2, 0) is 5.41 Å². The Hall–Kier alpha value is -2.24. The average molecular weight is 394 g/mol. The lowest BCUT2D eigenvalue weighted by Crippen LogP contribution is -2.41. The third kappa shape index (κ3) is 2.90. The van der Waals surface area contributed by atoms with Gasteiger partial charge in [0.15, 0.2) is 0 Å². The number of nitrogens with zero attached hydrogens (tertiary/aromatic N) is 2. The van der Waals surface area contributed by atoms with E-state index in [2.05, 4.69) is 24.2 Å². The maximum atomic E-state index is 13.3. The molecular weight excluding hydrogens is 367 g/mol. The highest BCUT2D eigenvalue weighted by Gasteiger charge is 2.46. The lowest BCUT2D eigenvalue weighted by atomic mass is 9.59. The van der Waals surface area contributed by atoms with Crippen LogP contribution in [0.4, 0.5) is 4.39 Å². The molecule has 0 spiro atoms. The first kappa shape index (κ1) is 18.8. The van der Waals surface area contributed by atoms with Gasteiger partial charge in [0, 0.05) is 5.39 Å². The Kier molecular flexibility index (Phi) is 4.48. The van der Waals surface area contributed by atoms with E-state index in [1.165, 1.54) is 17.7 Å². The zero-order chi connectivity index (χ0) is 20.2. The van der Waals surface area contributed by atoms with Crippen molar-refractivity contribution in [1.82, 2.24) is 9.78 Å². The highest BCUT2D eigenvalue weighted by Crippen LogP contribution is 2.53. The lowest BCUT2D eigenvalue weighted by molar-refractivity contribution is 0.0424. The topological polar surface area (TPSA) is 58.3 Å². The molecular formula is C24H27FN2O2. The van der Waals surface area contributed by atoms with Crippen molar-refractivity contribution >= 4 is 10.9 Å². The van der Waals surface area contributed by atoms with Gasteiger partial charge in [-0.3, -0.25) is 0 Å². The Labute approximate surface area is 170 Å². The van der Waals surface area contributed by atoms with Crippen LogP contribution in [0.15, 0.2) is 42.6 Å². The number of aromatic nitrogens is 2. The number of rotatable bonds is 2. The molecule has 29 heavy (non-hydrogen) atoms. The van der Waals surface area contributed by atoms with Crippen LogP contribution in [0.25, 0.3) is 16.6 Å². The van der Waals surface area contributed by atoms with Crippen LogP contribution in [-0.4, -0.2) is 26.1 Å². The molecule has 1 aromatic heterocycles. The van der Waals surface area contributed by atoms with Crippen LogP contribution >= 0.6 is 0 Å². The maximum Gasteiger partial charge on any atom is 0.123 e. The van der Waals surface area contributed by atoms with Crippen molar-refractivity contribution in [3.8, 4) is 5.69 Å². The van der Waals surface area contributed by atoms with Gasteiger partial charge in [0.05, 0.1) is 29.6 Å². The highest BCUT2D eigenvalue weighted by molar-refractivity contribution is 5.83. The van der Waals surface area contributed by atoms with Crippen LogP contribution in [0.1, 0.15) is 62.7 Å². The van der Waals surface area contributed by atoms with Gasteiger partial charge < -0.3 is 10.2 Å². The molecule has 4 nitrogen and oxygen atoms in total. The molecule has 1 saturated carbocycles. The van der Waals surface area contributed by atoms with Gasteiger partial charge in [-0.1, -0.05) is 6.92 Å². The van der Waals surface area contributed by atoms with E-state index >= 15 is 0 Å². The van der Waals surface area contributed by atoms with Crippen molar-refractivity contribution in [2.45, 2.75) is 63.1 Å². The molecule has 1 fully saturated rings. The fourth-order valence-corrected chi connectivity index (χ4v) is 5.80. The van der Waals surface area contributed by atoms with Gasteiger partial charge >= 0.3 is 0 Å². The predicted molar refractivity (Wildman–Crippen MR) is 111 cm³/mol. The number of hydrogen-bond donors (Lipinski definition) is 2.